The van der Waals surface area contributed by atoms with Crippen LogP contribution in [0.25, 0.3) is 0 Å². The number of hydrogen-bond acceptors (Lipinski definition) is 3. The standard InChI is InChI=1S/C11H17N3/c1-3-12-10-6-9(7-10)11-8(2)13-4-5-14-11/h4-5,9-10,12H,3,6-7H2,1-2H3. The Bertz CT molecular complexity index is 305. The van der Waals surface area contributed by atoms with Gasteiger partial charge in [-0.3, -0.25) is 9.97 Å². The zero-order valence-electron chi connectivity index (χ0n) is 8.83. The van der Waals surface area contributed by atoms with Gasteiger partial charge in [0.2, 0.25) is 0 Å². The molecule has 1 saturated carbocycles. The first-order chi connectivity index (χ1) is 6.81. The van der Waals surface area contributed by atoms with Crippen LogP contribution in [0.5, 0.6) is 0 Å². The highest BCUT2D eigenvalue weighted by atomic mass is 14.9. The molecule has 1 heterocycles. The molecule has 0 atom stereocenters. The molecule has 0 bridgehead atoms. The van der Waals surface area contributed by atoms with E-state index in [1.54, 1.807) is 12.4 Å². The molecule has 1 aromatic heterocycles. The maximum absolute atomic E-state index is 4.40. The second kappa shape index (κ2) is 4.05. The Balaban J connectivity index is 1.96. The topological polar surface area (TPSA) is 37.8 Å². The molecule has 0 radical (unpaired) electrons. The predicted molar refractivity (Wildman–Crippen MR) is 56.2 cm³/mol. The van der Waals surface area contributed by atoms with Gasteiger partial charge in [-0.05, 0) is 26.3 Å². The van der Waals surface area contributed by atoms with Gasteiger partial charge < -0.3 is 5.32 Å². The van der Waals surface area contributed by atoms with Gasteiger partial charge in [-0.25, -0.2) is 0 Å². The fraction of sp³-hybridized carbons (Fsp3) is 0.636. The van der Waals surface area contributed by atoms with Crippen molar-refractivity contribution < 1.29 is 0 Å². The summed E-state index contributed by atoms with van der Waals surface area (Å²) in [5.41, 5.74) is 2.29. The molecular weight excluding hydrogens is 174 g/mol. The summed E-state index contributed by atoms with van der Waals surface area (Å²) in [6.45, 7) is 5.26. The van der Waals surface area contributed by atoms with Gasteiger partial charge in [-0.2, -0.15) is 0 Å². The SMILES string of the molecule is CCNC1CC(c2nccnc2C)C1. The summed E-state index contributed by atoms with van der Waals surface area (Å²) in [4.78, 5) is 8.67. The maximum atomic E-state index is 4.40. The molecule has 1 aliphatic carbocycles. The van der Waals surface area contributed by atoms with Crippen LogP contribution in [-0.2, 0) is 0 Å². The lowest BCUT2D eigenvalue weighted by molar-refractivity contribution is 0.290. The van der Waals surface area contributed by atoms with E-state index in [1.165, 1.54) is 18.5 Å². The summed E-state index contributed by atoms with van der Waals surface area (Å²) in [6, 6.07) is 0.700. The number of hydrogen-bond donors (Lipinski definition) is 1. The van der Waals surface area contributed by atoms with Crippen LogP contribution in [0.1, 0.15) is 37.1 Å². The Labute approximate surface area is 85.0 Å². The van der Waals surface area contributed by atoms with Crippen molar-refractivity contribution in [2.75, 3.05) is 6.54 Å². The molecule has 0 amide bonds. The molecule has 1 aromatic rings. The van der Waals surface area contributed by atoms with Crippen LogP contribution in [0.3, 0.4) is 0 Å². The second-order valence-electron chi connectivity index (χ2n) is 3.95. The van der Waals surface area contributed by atoms with Crippen LogP contribution in [0.2, 0.25) is 0 Å². The molecule has 0 aliphatic heterocycles. The van der Waals surface area contributed by atoms with Crippen LogP contribution in [-0.4, -0.2) is 22.6 Å². The van der Waals surface area contributed by atoms with Gasteiger partial charge in [-0.1, -0.05) is 6.92 Å². The highest BCUT2D eigenvalue weighted by Gasteiger charge is 2.31. The number of nitrogens with one attached hydrogen (secondary N) is 1. The molecule has 1 aliphatic rings. The van der Waals surface area contributed by atoms with Crippen molar-refractivity contribution in [3.63, 3.8) is 0 Å². The molecule has 0 aromatic carbocycles. The van der Waals surface area contributed by atoms with Gasteiger partial charge in [0.05, 0.1) is 11.4 Å². The Hall–Kier alpha value is -0.960. The number of nitrogens with zero attached hydrogens (tertiary/aromatic N) is 2. The van der Waals surface area contributed by atoms with Crippen molar-refractivity contribution in [2.24, 2.45) is 0 Å². The summed E-state index contributed by atoms with van der Waals surface area (Å²) >= 11 is 0. The molecule has 76 valence electrons. The monoisotopic (exact) mass is 191 g/mol. The quantitative estimate of drug-likeness (QED) is 0.789. The summed E-state index contributed by atoms with van der Waals surface area (Å²) in [6.07, 6.45) is 5.99. The first-order valence-electron chi connectivity index (χ1n) is 5.32. The van der Waals surface area contributed by atoms with E-state index in [9.17, 15) is 0 Å². The van der Waals surface area contributed by atoms with Crippen molar-refractivity contribution in [3.8, 4) is 0 Å². The second-order valence-corrected chi connectivity index (χ2v) is 3.95. The van der Waals surface area contributed by atoms with Gasteiger partial charge in [0.1, 0.15) is 0 Å². The lowest BCUT2D eigenvalue weighted by Crippen LogP contribution is -2.40. The van der Waals surface area contributed by atoms with Crippen LogP contribution in [0.15, 0.2) is 12.4 Å². The molecular formula is C11H17N3. The maximum Gasteiger partial charge on any atom is 0.0647 e. The van der Waals surface area contributed by atoms with E-state index in [4.69, 9.17) is 0 Å². The molecule has 0 saturated heterocycles. The molecule has 1 fully saturated rings. The van der Waals surface area contributed by atoms with Crippen molar-refractivity contribution in [1.82, 2.24) is 15.3 Å². The van der Waals surface area contributed by atoms with Crippen molar-refractivity contribution in [1.29, 1.82) is 0 Å². The van der Waals surface area contributed by atoms with Gasteiger partial charge in [0.15, 0.2) is 0 Å². The minimum absolute atomic E-state index is 0.632. The minimum Gasteiger partial charge on any atom is -0.314 e. The highest BCUT2D eigenvalue weighted by Crippen LogP contribution is 2.36. The Kier molecular flexibility index (Phi) is 2.77. The van der Waals surface area contributed by atoms with E-state index < -0.39 is 0 Å². The summed E-state index contributed by atoms with van der Waals surface area (Å²) < 4.78 is 0. The third-order valence-corrected chi connectivity index (χ3v) is 2.94. The normalized spacial score (nSPS) is 25.9. The van der Waals surface area contributed by atoms with Crippen LogP contribution in [0.4, 0.5) is 0 Å². The fourth-order valence-electron chi connectivity index (χ4n) is 2.12. The van der Waals surface area contributed by atoms with Crippen LogP contribution < -0.4 is 5.32 Å². The van der Waals surface area contributed by atoms with E-state index >= 15 is 0 Å². The van der Waals surface area contributed by atoms with Gasteiger partial charge >= 0.3 is 0 Å². The van der Waals surface area contributed by atoms with Crippen molar-refractivity contribution in [2.45, 2.75) is 38.6 Å². The number of rotatable bonds is 3. The summed E-state index contributed by atoms with van der Waals surface area (Å²) in [5, 5.41) is 3.45. The van der Waals surface area contributed by atoms with Crippen molar-refractivity contribution >= 4 is 0 Å². The predicted octanol–water partition coefficient (Wildman–Crippen LogP) is 1.64. The third-order valence-electron chi connectivity index (χ3n) is 2.94. The average molecular weight is 191 g/mol. The Morgan fingerprint density at radius 1 is 1.36 bits per heavy atom. The van der Waals surface area contributed by atoms with Gasteiger partial charge in [0, 0.05) is 24.4 Å². The molecule has 3 heteroatoms. The molecule has 14 heavy (non-hydrogen) atoms. The van der Waals surface area contributed by atoms with E-state index in [2.05, 4.69) is 22.2 Å². The van der Waals surface area contributed by atoms with E-state index in [0.29, 0.717) is 12.0 Å². The molecule has 0 unspecified atom stereocenters. The number of aromatic nitrogens is 2. The zero-order valence-corrected chi connectivity index (χ0v) is 8.83. The van der Waals surface area contributed by atoms with Crippen LogP contribution >= 0.6 is 0 Å². The fourth-order valence-corrected chi connectivity index (χ4v) is 2.12. The minimum atomic E-state index is 0.632. The average Bonchev–Trinajstić information content (AvgIpc) is 2.12. The molecule has 0 spiro atoms. The van der Waals surface area contributed by atoms with Crippen molar-refractivity contribution in [3.05, 3.63) is 23.8 Å². The number of aryl methyl sites for hydroxylation is 1. The van der Waals surface area contributed by atoms with E-state index in [0.717, 1.165) is 12.2 Å². The molecule has 1 N–H and O–H groups in total. The van der Waals surface area contributed by atoms with E-state index in [-0.39, 0.29) is 0 Å². The van der Waals surface area contributed by atoms with Gasteiger partial charge in [0.25, 0.3) is 0 Å². The third kappa shape index (κ3) is 1.77. The van der Waals surface area contributed by atoms with Crippen LogP contribution in [0, 0.1) is 6.92 Å². The lowest BCUT2D eigenvalue weighted by Gasteiger charge is -2.35. The first-order valence-corrected chi connectivity index (χ1v) is 5.32. The largest absolute Gasteiger partial charge is 0.314 e. The Morgan fingerprint density at radius 3 is 2.71 bits per heavy atom. The summed E-state index contributed by atoms with van der Waals surface area (Å²) in [7, 11) is 0. The molecule has 2 rings (SSSR count). The zero-order chi connectivity index (χ0) is 9.97. The summed E-state index contributed by atoms with van der Waals surface area (Å²) in [5.74, 6) is 0.632. The molecule has 3 nitrogen and oxygen atoms in total. The highest BCUT2D eigenvalue weighted by molar-refractivity contribution is 5.18. The Morgan fingerprint density at radius 2 is 2.07 bits per heavy atom. The lowest BCUT2D eigenvalue weighted by atomic mass is 9.77. The smallest absolute Gasteiger partial charge is 0.0647 e. The van der Waals surface area contributed by atoms with E-state index in [1.807, 2.05) is 6.92 Å². The first kappa shape index (κ1) is 9.59. The van der Waals surface area contributed by atoms with Gasteiger partial charge in [-0.15, -0.1) is 0 Å².